The molecule has 0 bridgehead atoms. The fraction of sp³-hybridized carbons (Fsp3) is 0.364. The number of sulfonamides is 1. The largest absolute Gasteiger partial charge is 0.299 e. The van der Waals surface area contributed by atoms with E-state index in [0.717, 1.165) is 12.1 Å². The molecule has 1 amide bonds. The smallest absolute Gasteiger partial charge is 0.239 e. The molecule has 0 fully saturated rings. The summed E-state index contributed by atoms with van der Waals surface area (Å²) >= 11 is 0. The SMILES string of the molecule is CCC(=O)NNc1ccc(S(=O)(=O)CC)c(S(N)(=O)=O)c1. The lowest BCUT2D eigenvalue weighted by Gasteiger charge is -2.12. The van der Waals surface area contributed by atoms with Crippen LogP contribution in [0.4, 0.5) is 5.69 Å². The zero-order chi connectivity index (χ0) is 16.3. The van der Waals surface area contributed by atoms with Gasteiger partial charge in [-0.2, -0.15) is 0 Å². The second-order valence-electron chi connectivity index (χ2n) is 4.14. The number of hydrogen-bond acceptors (Lipinski definition) is 6. The first-order valence-electron chi connectivity index (χ1n) is 6.06. The molecule has 0 heterocycles. The van der Waals surface area contributed by atoms with Crippen molar-refractivity contribution in [2.24, 2.45) is 5.14 Å². The third kappa shape index (κ3) is 4.41. The van der Waals surface area contributed by atoms with Crippen LogP contribution in [0.25, 0.3) is 0 Å². The number of anilines is 1. The third-order valence-electron chi connectivity index (χ3n) is 2.63. The van der Waals surface area contributed by atoms with Crippen molar-refractivity contribution in [3.8, 4) is 0 Å². The van der Waals surface area contributed by atoms with Gasteiger partial charge in [-0.15, -0.1) is 0 Å². The minimum Gasteiger partial charge on any atom is -0.299 e. The molecule has 0 aliphatic rings. The number of rotatable bonds is 6. The number of sulfone groups is 1. The van der Waals surface area contributed by atoms with Gasteiger partial charge in [-0.05, 0) is 18.2 Å². The molecule has 0 spiro atoms. The van der Waals surface area contributed by atoms with Crippen LogP contribution in [0, 0.1) is 0 Å². The Hall–Kier alpha value is -1.65. The molecule has 0 aliphatic heterocycles. The first kappa shape index (κ1) is 17.4. The van der Waals surface area contributed by atoms with E-state index in [1.807, 2.05) is 0 Å². The lowest BCUT2D eigenvalue weighted by molar-refractivity contribution is -0.120. The molecule has 0 atom stereocenters. The van der Waals surface area contributed by atoms with Crippen molar-refractivity contribution in [1.82, 2.24) is 5.43 Å². The van der Waals surface area contributed by atoms with Crippen LogP contribution in [0.3, 0.4) is 0 Å². The van der Waals surface area contributed by atoms with E-state index in [1.165, 1.54) is 13.0 Å². The Morgan fingerprint density at radius 3 is 2.24 bits per heavy atom. The van der Waals surface area contributed by atoms with Crippen LogP contribution in [0.5, 0.6) is 0 Å². The van der Waals surface area contributed by atoms with E-state index in [1.54, 1.807) is 6.92 Å². The average molecular weight is 335 g/mol. The summed E-state index contributed by atoms with van der Waals surface area (Å²) in [5.74, 6) is -0.563. The van der Waals surface area contributed by atoms with E-state index < -0.39 is 24.8 Å². The number of carbonyl (C=O) groups excluding carboxylic acids is 1. The fourth-order valence-electron chi connectivity index (χ4n) is 1.45. The van der Waals surface area contributed by atoms with Crippen LogP contribution < -0.4 is 16.0 Å². The molecule has 21 heavy (non-hydrogen) atoms. The van der Waals surface area contributed by atoms with Crippen LogP contribution in [-0.2, 0) is 24.7 Å². The second-order valence-corrected chi connectivity index (χ2v) is 7.91. The maximum Gasteiger partial charge on any atom is 0.239 e. The summed E-state index contributed by atoms with van der Waals surface area (Å²) in [5.41, 5.74) is 5.02. The molecule has 0 aliphatic carbocycles. The number of nitrogens with one attached hydrogen (secondary N) is 2. The summed E-state index contributed by atoms with van der Waals surface area (Å²) in [4.78, 5) is 10.3. The molecule has 1 aromatic rings. The van der Waals surface area contributed by atoms with E-state index in [2.05, 4.69) is 10.9 Å². The molecular formula is C11H17N3O5S2. The summed E-state index contributed by atoms with van der Waals surface area (Å²) in [7, 11) is -7.96. The van der Waals surface area contributed by atoms with E-state index in [0.29, 0.717) is 0 Å². The first-order chi connectivity index (χ1) is 9.61. The van der Waals surface area contributed by atoms with E-state index in [-0.39, 0.29) is 28.7 Å². The van der Waals surface area contributed by atoms with Crippen molar-refractivity contribution >= 4 is 31.5 Å². The van der Waals surface area contributed by atoms with Gasteiger partial charge in [-0.3, -0.25) is 15.6 Å². The van der Waals surface area contributed by atoms with Crippen molar-refractivity contribution in [3.05, 3.63) is 18.2 Å². The van der Waals surface area contributed by atoms with Gasteiger partial charge in [-0.25, -0.2) is 22.0 Å². The summed E-state index contributed by atoms with van der Waals surface area (Å²) < 4.78 is 46.9. The van der Waals surface area contributed by atoms with Crippen LogP contribution in [0.2, 0.25) is 0 Å². The Labute approximate surface area is 123 Å². The fourth-order valence-corrected chi connectivity index (χ4v) is 3.77. The van der Waals surface area contributed by atoms with Crippen molar-refractivity contribution in [2.45, 2.75) is 30.1 Å². The Morgan fingerprint density at radius 1 is 1.14 bits per heavy atom. The highest BCUT2D eigenvalue weighted by Gasteiger charge is 2.23. The van der Waals surface area contributed by atoms with Crippen LogP contribution in [-0.4, -0.2) is 28.5 Å². The molecule has 10 heteroatoms. The van der Waals surface area contributed by atoms with Crippen molar-refractivity contribution in [1.29, 1.82) is 0 Å². The monoisotopic (exact) mass is 335 g/mol. The number of primary sulfonamides is 1. The quantitative estimate of drug-likeness (QED) is 0.625. The van der Waals surface area contributed by atoms with Gasteiger partial charge in [0, 0.05) is 6.42 Å². The molecule has 0 radical (unpaired) electrons. The van der Waals surface area contributed by atoms with Gasteiger partial charge >= 0.3 is 0 Å². The highest BCUT2D eigenvalue weighted by Crippen LogP contribution is 2.24. The molecule has 0 unspecified atom stereocenters. The molecule has 118 valence electrons. The second kappa shape index (κ2) is 6.41. The maximum absolute atomic E-state index is 11.9. The minimum absolute atomic E-state index is 0.205. The van der Waals surface area contributed by atoms with Crippen molar-refractivity contribution < 1.29 is 21.6 Å². The number of amides is 1. The van der Waals surface area contributed by atoms with E-state index in [9.17, 15) is 21.6 Å². The lowest BCUT2D eigenvalue weighted by atomic mass is 10.3. The van der Waals surface area contributed by atoms with Gasteiger partial charge in [0.1, 0.15) is 4.90 Å². The molecular weight excluding hydrogens is 318 g/mol. The summed E-state index contributed by atoms with van der Waals surface area (Å²) in [6, 6.07) is 3.54. The zero-order valence-electron chi connectivity index (χ0n) is 11.6. The normalized spacial score (nSPS) is 12.0. The molecule has 1 aromatic carbocycles. The third-order valence-corrected chi connectivity index (χ3v) is 5.50. The van der Waals surface area contributed by atoms with Crippen molar-refractivity contribution in [2.75, 3.05) is 11.2 Å². The Bertz CT molecular complexity index is 741. The standard InChI is InChI=1S/C11H17N3O5S2/c1-3-11(15)14-13-8-5-6-9(20(16,17)4-2)10(7-8)21(12,18)19/h5-7,13H,3-4H2,1-2H3,(H,14,15)(H2,12,18,19). The number of hydrazine groups is 1. The van der Waals surface area contributed by atoms with Crippen molar-refractivity contribution in [3.63, 3.8) is 0 Å². The molecule has 4 N–H and O–H groups in total. The zero-order valence-corrected chi connectivity index (χ0v) is 13.2. The molecule has 8 nitrogen and oxygen atoms in total. The summed E-state index contributed by atoms with van der Waals surface area (Å²) in [6.45, 7) is 3.04. The Morgan fingerprint density at radius 2 is 1.76 bits per heavy atom. The first-order valence-corrected chi connectivity index (χ1v) is 9.26. The van der Waals surface area contributed by atoms with Gasteiger partial charge in [-0.1, -0.05) is 13.8 Å². The van der Waals surface area contributed by atoms with Crippen LogP contribution in [0.1, 0.15) is 20.3 Å². The highest BCUT2D eigenvalue weighted by molar-refractivity contribution is 7.93. The van der Waals surface area contributed by atoms with Gasteiger partial charge in [0.2, 0.25) is 15.9 Å². The maximum atomic E-state index is 11.9. The van der Waals surface area contributed by atoms with Gasteiger partial charge in [0.05, 0.1) is 16.3 Å². The Balaban J connectivity index is 3.30. The predicted octanol–water partition coefficient (Wildman–Crippen LogP) is -0.0193. The predicted molar refractivity (Wildman–Crippen MR) is 77.6 cm³/mol. The number of hydrogen-bond donors (Lipinski definition) is 3. The van der Waals surface area contributed by atoms with Crippen LogP contribution in [0.15, 0.2) is 28.0 Å². The lowest BCUT2D eigenvalue weighted by Crippen LogP contribution is -2.28. The van der Waals surface area contributed by atoms with Gasteiger partial charge < -0.3 is 0 Å². The van der Waals surface area contributed by atoms with E-state index >= 15 is 0 Å². The minimum atomic E-state index is -4.23. The number of carbonyl (C=O) groups is 1. The number of nitrogens with two attached hydrogens (primary N) is 1. The molecule has 0 saturated carbocycles. The van der Waals surface area contributed by atoms with Gasteiger partial charge in [0.25, 0.3) is 0 Å². The summed E-state index contributed by atoms with van der Waals surface area (Å²) in [6.07, 6.45) is 0.233. The Kier molecular flexibility index (Phi) is 5.31. The molecule has 0 saturated heterocycles. The van der Waals surface area contributed by atoms with Gasteiger partial charge in [0.15, 0.2) is 9.84 Å². The highest BCUT2D eigenvalue weighted by atomic mass is 32.2. The summed E-state index contributed by atoms with van der Waals surface area (Å²) in [5, 5.41) is 5.05. The average Bonchev–Trinajstić information content (AvgIpc) is 2.43. The number of benzene rings is 1. The molecule has 0 aromatic heterocycles. The molecule has 1 rings (SSSR count). The van der Waals surface area contributed by atoms with E-state index in [4.69, 9.17) is 5.14 Å². The van der Waals surface area contributed by atoms with Crippen LogP contribution >= 0.6 is 0 Å². The topological polar surface area (TPSA) is 135 Å².